The molecule has 0 nitrogen and oxygen atoms in total. The first kappa shape index (κ1) is 12.0. The van der Waals surface area contributed by atoms with Crippen LogP contribution in [-0.2, 0) is 0 Å². The third-order valence-corrected chi connectivity index (χ3v) is 2.05. The molecule has 72 valence electrons. The number of hydrogen-bond acceptors (Lipinski definition) is 0. The topological polar surface area (TPSA) is 0 Å². The van der Waals surface area contributed by atoms with E-state index in [1.54, 1.807) is 0 Å². The molecule has 0 bridgehead atoms. The Morgan fingerprint density at radius 1 is 1.17 bits per heavy atom. The van der Waals surface area contributed by atoms with Gasteiger partial charge in [0.1, 0.15) is 0 Å². The number of rotatable bonds is 7. The lowest BCUT2D eigenvalue weighted by molar-refractivity contribution is 0.406. The van der Waals surface area contributed by atoms with Crippen molar-refractivity contribution in [1.82, 2.24) is 0 Å². The number of unbranched alkanes of at least 4 members (excludes halogenated alkanes) is 5. The predicted octanol–water partition coefficient (Wildman–Crippen LogP) is 4.41. The monoisotopic (exact) mass is 168 g/mol. The van der Waals surface area contributed by atoms with Crippen LogP contribution >= 0.6 is 0 Å². The molecule has 12 heavy (non-hydrogen) atoms. The second kappa shape index (κ2) is 6.51. The lowest BCUT2D eigenvalue weighted by atomic mass is 9.89. The van der Waals surface area contributed by atoms with Crippen molar-refractivity contribution in [3.63, 3.8) is 0 Å². The van der Waals surface area contributed by atoms with Gasteiger partial charge in [-0.05, 0) is 25.2 Å². The summed E-state index contributed by atoms with van der Waals surface area (Å²) in [5.41, 5.74) is 0.286. The molecule has 0 aliphatic rings. The van der Waals surface area contributed by atoms with E-state index in [-0.39, 0.29) is 5.41 Å². The van der Waals surface area contributed by atoms with Crippen molar-refractivity contribution in [1.29, 1.82) is 0 Å². The first-order valence-electron chi connectivity index (χ1n) is 5.23. The van der Waals surface area contributed by atoms with Gasteiger partial charge in [-0.3, -0.25) is 0 Å². The van der Waals surface area contributed by atoms with Crippen molar-refractivity contribution < 1.29 is 0 Å². The Kier molecular flexibility index (Phi) is 6.51. The minimum Gasteiger partial charge on any atom is -0.0651 e. The predicted molar refractivity (Wildman–Crippen MR) is 56.8 cm³/mol. The minimum atomic E-state index is 0.286. The zero-order valence-corrected chi connectivity index (χ0v) is 9.03. The van der Waals surface area contributed by atoms with Crippen LogP contribution in [0.15, 0.2) is 0 Å². The summed E-state index contributed by atoms with van der Waals surface area (Å²) in [5, 5.41) is 0. The van der Waals surface area contributed by atoms with Crippen LogP contribution in [0.1, 0.15) is 59.3 Å². The third-order valence-electron chi connectivity index (χ3n) is 2.05. The van der Waals surface area contributed by atoms with Crippen LogP contribution in [0.3, 0.4) is 0 Å². The highest BCUT2D eigenvalue weighted by Gasteiger charge is 2.08. The van der Waals surface area contributed by atoms with E-state index in [0.29, 0.717) is 0 Å². The van der Waals surface area contributed by atoms with Gasteiger partial charge >= 0.3 is 0 Å². The van der Waals surface area contributed by atoms with E-state index < -0.39 is 0 Å². The molecule has 0 aromatic rings. The highest BCUT2D eigenvalue weighted by Crippen LogP contribution is 2.21. The molecule has 0 aromatic heterocycles. The molecule has 0 atom stereocenters. The van der Waals surface area contributed by atoms with Crippen LogP contribution in [0.2, 0.25) is 0 Å². The van der Waals surface area contributed by atoms with Gasteiger partial charge in [-0.25, -0.2) is 0 Å². The molecule has 0 unspecified atom stereocenters. The normalized spacial score (nSPS) is 12.0. The Balaban J connectivity index is 3.01. The van der Waals surface area contributed by atoms with Gasteiger partial charge in [-0.2, -0.15) is 0 Å². The zero-order valence-electron chi connectivity index (χ0n) is 9.03. The largest absolute Gasteiger partial charge is 0.0651 e. The fraction of sp³-hybridized carbons (Fsp3) is 0.833. The summed E-state index contributed by atoms with van der Waals surface area (Å²) in [6.45, 7) is 10.7. The first-order chi connectivity index (χ1) is 5.56. The van der Waals surface area contributed by atoms with Gasteiger partial charge < -0.3 is 0 Å². The van der Waals surface area contributed by atoms with Crippen molar-refractivity contribution in [3.8, 4) is 0 Å². The second-order valence-electron chi connectivity index (χ2n) is 4.46. The zero-order chi connectivity index (χ0) is 9.45. The highest BCUT2D eigenvalue weighted by molar-refractivity contribution is 4.70. The van der Waals surface area contributed by atoms with E-state index in [1.165, 1.54) is 38.5 Å². The Morgan fingerprint density at radius 2 is 1.83 bits per heavy atom. The summed E-state index contributed by atoms with van der Waals surface area (Å²) in [6, 6.07) is 0. The number of hydrogen-bond donors (Lipinski definition) is 0. The highest BCUT2D eigenvalue weighted by atomic mass is 14.1. The molecule has 2 radical (unpaired) electrons. The Bertz CT molecular complexity index is 86.7. The lowest BCUT2D eigenvalue weighted by Gasteiger charge is -2.17. The van der Waals surface area contributed by atoms with Gasteiger partial charge in [0, 0.05) is 0 Å². The van der Waals surface area contributed by atoms with Crippen LogP contribution < -0.4 is 0 Å². The van der Waals surface area contributed by atoms with E-state index in [9.17, 15) is 0 Å². The van der Waals surface area contributed by atoms with Gasteiger partial charge in [0.15, 0.2) is 0 Å². The van der Waals surface area contributed by atoms with Crippen LogP contribution in [0.4, 0.5) is 0 Å². The molecule has 0 N–H and O–H groups in total. The molecule has 0 aliphatic heterocycles. The molecule has 0 spiro atoms. The molecular formula is C12H24. The molecule has 0 heteroatoms. The molecule has 0 fully saturated rings. The van der Waals surface area contributed by atoms with Gasteiger partial charge in [0.05, 0.1) is 0 Å². The van der Waals surface area contributed by atoms with Crippen molar-refractivity contribution >= 4 is 0 Å². The Labute approximate surface area is 78.8 Å². The Hall–Kier alpha value is 0. The lowest BCUT2D eigenvalue weighted by Crippen LogP contribution is -2.04. The van der Waals surface area contributed by atoms with E-state index in [1.807, 2.05) is 0 Å². The van der Waals surface area contributed by atoms with Gasteiger partial charge in [-0.15, -0.1) is 0 Å². The molecule has 0 aromatic carbocycles. The maximum absolute atomic E-state index is 4.10. The van der Waals surface area contributed by atoms with Crippen molar-refractivity contribution in [2.45, 2.75) is 59.3 Å². The molecule has 0 heterocycles. The van der Waals surface area contributed by atoms with Crippen molar-refractivity contribution in [2.24, 2.45) is 5.41 Å². The smallest absolute Gasteiger partial charge is 0.0354 e. The fourth-order valence-electron chi connectivity index (χ4n) is 1.27. The Morgan fingerprint density at radius 3 is 2.33 bits per heavy atom. The van der Waals surface area contributed by atoms with Gasteiger partial charge in [0.2, 0.25) is 0 Å². The maximum atomic E-state index is 4.10. The van der Waals surface area contributed by atoms with E-state index >= 15 is 0 Å². The summed E-state index contributed by atoms with van der Waals surface area (Å²) in [5.74, 6) is 0. The average molecular weight is 168 g/mol. The van der Waals surface area contributed by atoms with Crippen molar-refractivity contribution in [2.75, 3.05) is 0 Å². The van der Waals surface area contributed by atoms with Crippen molar-refractivity contribution in [3.05, 3.63) is 13.3 Å². The third kappa shape index (κ3) is 10.0. The standard InChI is InChI=1S/C12H24/c1-5-6-7-8-9-10-11-12(2,3)4/h6H,2,5,7-11H2,1,3-4H3. The summed E-state index contributed by atoms with van der Waals surface area (Å²) in [6.07, 6.45) is 10.2. The average Bonchev–Trinajstić information content (AvgIpc) is 1.94. The minimum absolute atomic E-state index is 0.286. The summed E-state index contributed by atoms with van der Waals surface area (Å²) in [4.78, 5) is 0. The summed E-state index contributed by atoms with van der Waals surface area (Å²) in [7, 11) is 0. The summed E-state index contributed by atoms with van der Waals surface area (Å²) < 4.78 is 0. The SMILES string of the molecule is [CH2]C(C)(C)CCCCC[CH]CC. The quantitative estimate of drug-likeness (QED) is 0.494. The van der Waals surface area contributed by atoms with E-state index in [4.69, 9.17) is 0 Å². The molecule has 0 saturated carbocycles. The maximum Gasteiger partial charge on any atom is -0.0354 e. The van der Waals surface area contributed by atoms with E-state index in [2.05, 4.69) is 34.1 Å². The molecular weight excluding hydrogens is 144 g/mol. The molecule has 0 amide bonds. The van der Waals surface area contributed by atoms with Crippen LogP contribution in [0.5, 0.6) is 0 Å². The first-order valence-corrected chi connectivity index (χ1v) is 5.23. The van der Waals surface area contributed by atoms with E-state index in [0.717, 1.165) is 0 Å². The molecule has 0 saturated heterocycles. The van der Waals surface area contributed by atoms with Gasteiger partial charge in [-0.1, -0.05) is 52.9 Å². The van der Waals surface area contributed by atoms with Crippen LogP contribution in [-0.4, -0.2) is 0 Å². The van der Waals surface area contributed by atoms with Crippen LogP contribution in [0, 0.1) is 18.8 Å². The molecule has 0 aliphatic carbocycles. The summed E-state index contributed by atoms with van der Waals surface area (Å²) >= 11 is 0. The fourth-order valence-corrected chi connectivity index (χ4v) is 1.27. The second-order valence-corrected chi connectivity index (χ2v) is 4.46. The molecule has 0 rings (SSSR count). The van der Waals surface area contributed by atoms with Crippen LogP contribution in [0.25, 0.3) is 0 Å². The van der Waals surface area contributed by atoms with Gasteiger partial charge in [0.25, 0.3) is 0 Å².